The first kappa shape index (κ1) is 20.8. The normalized spacial score (nSPS) is 24.0. The van der Waals surface area contributed by atoms with Gasteiger partial charge in [0.1, 0.15) is 17.5 Å². The molecule has 3 aliphatic carbocycles. The lowest BCUT2D eigenvalue weighted by Crippen LogP contribution is -2.47. The summed E-state index contributed by atoms with van der Waals surface area (Å²) in [5.74, 6) is 1.99. The number of benzene rings is 3. The van der Waals surface area contributed by atoms with Gasteiger partial charge in [-0.15, -0.1) is 0 Å². The van der Waals surface area contributed by atoms with E-state index in [9.17, 15) is 8.78 Å². The number of H-pyrrole nitrogens is 1. The third-order valence-corrected chi connectivity index (χ3v) is 8.45. The number of hydrogen-bond donors (Lipinski definition) is 2. The molecule has 0 spiro atoms. The van der Waals surface area contributed by atoms with Crippen LogP contribution in [-0.4, -0.2) is 21.0 Å². The van der Waals surface area contributed by atoms with E-state index in [1.54, 1.807) is 6.20 Å². The van der Waals surface area contributed by atoms with Crippen molar-refractivity contribution in [1.29, 1.82) is 0 Å². The molecule has 2 unspecified atom stereocenters. The molecule has 0 saturated heterocycles. The van der Waals surface area contributed by atoms with Crippen LogP contribution < -0.4 is 5.32 Å². The Balaban J connectivity index is 1.44. The van der Waals surface area contributed by atoms with Crippen molar-refractivity contribution in [2.75, 3.05) is 5.32 Å². The lowest BCUT2D eigenvalue weighted by atomic mass is 9.62. The summed E-state index contributed by atoms with van der Waals surface area (Å²) in [5.41, 5.74) is 1.67. The average molecular weight is 469 g/mol. The molecule has 176 valence electrons. The summed E-state index contributed by atoms with van der Waals surface area (Å²) in [7, 11) is 0. The molecule has 0 aliphatic heterocycles. The van der Waals surface area contributed by atoms with Crippen molar-refractivity contribution in [3.8, 4) is 11.4 Å². The zero-order chi connectivity index (χ0) is 23.7. The summed E-state index contributed by atoms with van der Waals surface area (Å²) >= 11 is 0. The standard InChI is InChI=1S/C29H26F2N4/c1-15-16-6-8-17(9-7-16)26(15)34-28-22-10-18-4-2-3-5-19(18)11-25(22)33-29(35-28)23-14-32-27-21(23)12-20(30)13-24(27)31/h2-5,10-17,26,32H,6-9H2,1H3,(H,33,34,35). The van der Waals surface area contributed by atoms with E-state index in [4.69, 9.17) is 9.97 Å². The minimum Gasteiger partial charge on any atom is -0.366 e. The number of halogens is 2. The Labute approximate surface area is 201 Å². The lowest BCUT2D eigenvalue weighted by Gasteiger charge is -2.47. The van der Waals surface area contributed by atoms with Crippen LogP contribution >= 0.6 is 0 Å². The van der Waals surface area contributed by atoms with E-state index < -0.39 is 11.6 Å². The number of nitrogens with zero attached hydrogens (tertiary/aromatic N) is 2. The van der Waals surface area contributed by atoms with E-state index in [1.165, 1.54) is 31.7 Å². The highest BCUT2D eigenvalue weighted by Gasteiger charge is 2.41. The summed E-state index contributed by atoms with van der Waals surface area (Å²) in [5, 5.41) is 7.47. The Morgan fingerprint density at radius 3 is 2.40 bits per heavy atom. The van der Waals surface area contributed by atoms with Crippen molar-refractivity contribution in [3.05, 3.63) is 66.4 Å². The number of fused-ring (bicyclic) bond motifs is 6. The van der Waals surface area contributed by atoms with Crippen molar-refractivity contribution in [3.63, 3.8) is 0 Å². The van der Waals surface area contributed by atoms with Gasteiger partial charge in [0.2, 0.25) is 0 Å². The summed E-state index contributed by atoms with van der Waals surface area (Å²) in [6.45, 7) is 2.36. The fourth-order valence-corrected chi connectivity index (χ4v) is 6.55. The van der Waals surface area contributed by atoms with Crippen molar-refractivity contribution in [2.45, 2.75) is 38.6 Å². The van der Waals surface area contributed by atoms with Crippen LogP contribution in [0.15, 0.2) is 54.7 Å². The molecule has 2 atom stereocenters. The Bertz CT molecular complexity index is 1600. The number of hydrogen-bond acceptors (Lipinski definition) is 3. The van der Waals surface area contributed by atoms with Gasteiger partial charge in [-0.05, 0) is 72.4 Å². The molecule has 3 aromatic carbocycles. The molecule has 4 nitrogen and oxygen atoms in total. The number of anilines is 1. The van der Waals surface area contributed by atoms with E-state index in [1.807, 2.05) is 12.1 Å². The molecule has 8 rings (SSSR count). The van der Waals surface area contributed by atoms with Crippen LogP contribution in [0.25, 0.3) is 44.0 Å². The highest BCUT2D eigenvalue weighted by atomic mass is 19.1. The van der Waals surface area contributed by atoms with Gasteiger partial charge in [-0.25, -0.2) is 18.7 Å². The third kappa shape index (κ3) is 3.30. The number of nitrogens with one attached hydrogen (secondary N) is 2. The van der Waals surface area contributed by atoms with Crippen LogP contribution in [-0.2, 0) is 0 Å². The van der Waals surface area contributed by atoms with E-state index in [0.29, 0.717) is 34.7 Å². The molecule has 35 heavy (non-hydrogen) atoms. The van der Waals surface area contributed by atoms with Crippen molar-refractivity contribution >= 4 is 38.4 Å². The maximum atomic E-state index is 14.4. The number of aromatic nitrogens is 3. The van der Waals surface area contributed by atoms with E-state index in [-0.39, 0.29) is 5.52 Å². The SMILES string of the molecule is CC1C2CCC(CC2)C1Nc1nc(-c2c[nH]c3c(F)cc(F)cc23)nc2cc3ccccc3cc12. The van der Waals surface area contributed by atoms with Crippen molar-refractivity contribution < 1.29 is 8.78 Å². The fourth-order valence-electron chi connectivity index (χ4n) is 6.55. The summed E-state index contributed by atoms with van der Waals surface area (Å²) in [6.07, 6.45) is 6.82. The Morgan fingerprint density at radius 1 is 0.886 bits per heavy atom. The van der Waals surface area contributed by atoms with Gasteiger partial charge >= 0.3 is 0 Å². The second-order valence-corrected chi connectivity index (χ2v) is 10.3. The maximum Gasteiger partial charge on any atom is 0.164 e. The second kappa shape index (κ2) is 7.74. The first-order chi connectivity index (χ1) is 17.0. The van der Waals surface area contributed by atoms with Gasteiger partial charge in [0.05, 0.1) is 11.0 Å². The highest BCUT2D eigenvalue weighted by Crippen LogP contribution is 2.46. The minimum atomic E-state index is -0.622. The quantitative estimate of drug-likeness (QED) is 0.271. The Morgan fingerprint density at radius 2 is 1.63 bits per heavy atom. The predicted octanol–water partition coefficient (Wildman–Crippen LogP) is 7.45. The van der Waals surface area contributed by atoms with Crippen LogP contribution in [0.5, 0.6) is 0 Å². The van der Waals surface area contributed by atoms with Gasteiger partial charge in [0.15, 0.2) is 5.82 Å². The molecule has 3 fully saturated rings. The van der Waals surface area contributed by atoms with Gasteiger partial charge in [-0.2, -0.15) is 0 Å². The van der Waals surface area contributed by atoms with Crippen LogP contribution in [0, 0.1) is 29.4 Å². The van der Waals surface area contributed by atoms with Crippen molar-refractivity contribution in [1.82, 2.24) is 15.0 Å². The van der Waals surface area contributed by atoms with Gasteiger partial charge in [-0.3, -0.25) is 0 Å². The maximum absolute atomic E-state index is 14.4. The largest absolute Gasteiger partial charge is 0.366 e. The monoisotopic (exact) mass is 468 g/mol. The molecule has 2 bridgehead atoms. The van der Waals surface area contributed by atoms with E-state index in [0.717, 1.165) is 39.5 Å². The summed E-state index contributed by atoms with van der Waals surface area (Å²) in [6, 6.07) is 15.0. The molecule has 2 aromatic heterocycles. The molecule has 5 aromatic rings. The molecule has 0 amide bonds. The predicted molar refractivity (Wildman–Crippen MR) is 136 cm³/mol. The zero-order valence-electron chi connectivity index (χ0n) is 19.5. The number of aromatic amines is 1. The molecule has 3 saturated carbocycles. The molecule has 3 aliphatic rings. The van der Waals surface area contributed by atoms with E-state index in [2.05, 4.69) is 41.5 Å². The fraction of sp³-hybridized carbons (Fsp3) is 0.310. The topological polar surface area (TPSA) is 53.6 Å². The Hall–Kier alpha value is -3.54. The van der Waals surface area contributed by atoms with Crippen LogP contribution in [0.4, 0.5) is 14.6 Å². The first-order valence-corrected chi connectivity index (χ1v) is 12.5. The van der Waals surface area contributed by atoms with Gasteiger partial charge in [0.25, 0.3) is 0 Å². The molecule has 2 heterocycles. The van der Waals surface area contributed by atoms with Gasteiger partial charge in [-0.1, -0.05) is 31.2 Å². The Kier molecular flexibility index (Phi) is 4.60. The van der Waals surface area contributed by atoms with Crippen LogP contribution in [0.3, 0.4) is 0 Å². The minimum absolute atomic E-state index is 0.260. The van der Waals surface area contributed by atoms with Crippen molar-refractivity contribution in [2.24, 2.45) is 17.8 Å². The molecule has 6 heteroatoms. The smallest absolute Gasteiger partial charge is 0.164 e. The average Bonchev–Trinajstić information content (AvgIpc) is 3.29. The van der Waals surface area contributed by atoms with E-state index >= 15 is 0 Å². The third-order valence-electron chi connectivity index (χ3n) is 8.45. The second-order valence-electron chi connectivity index (χ2n) is 10.3. The molecule has 0 radical (unpaired) electrons. The summed E-state index contributed by atoms with van der Waals surface area (Å²) < 4.78 is 28.5. The molecule has 2 N–H and O–H groups in total. The lowest BCUT2D eigenvalue weighted by molar-refractivity contribution is 0.0929. The zero-order valence-corrected chi connectivity index (χ0v) is 19.5. The highest BCUT2D eigenvalue weighted by molar-refractivity contribution is 6.03. The summed E-state index contributed by atoms with van der Waals surface area (Å²) in [4.78, 5) is 12.8. The molecular weight excluding hydrogens is 442 g/mol. The number of rotatable bonds is 3. The van der Waals surface area contributed by atoms with Crippen LogP contribution in [0.2, 0.25) is 0 Å². The van der Waals surface area contributed by atoms with Crippen LogP contribution in [0.1, 0.15) is 32.6 Å². The molecular formula is C29H26F2N4. The van der Waals surface area contributed by atoms with Gasteiger partial charge in [0, 0.05) is 34.6 Å². The van der Waals surface area contributed by atoms with Gasteiger partial charge < -0.3 is 10.3 Å². The first-order valence-electron chi connectivity index (χ1n) is 12.5.